The molecule has 0 radical (unpaired) electrons. The normalized spacial score (nSPS) is 14.4. The van der Waals surface area contributed by atoms with Crippen molar-refractivity contribution in [2.24, 2.45) is 11.7 Å². The van der Waals surface area contributed by atoms with Gasteiger partial charge in [0.1, 0.15) is 23.9 Å². The zero-order valence-corrected chi connectivity index (χ0v) is 24.4. The van der Waals surface area contributed by atoms with Crippen LogP contribution in [0.25, 0.3) is 0 Å². The smallest absolute Gasteiger partial charge is 0.326 e. The van der Waals surface area contributed by atoms with Crippen molar-refractivity contribution in [2.45, 2.75) is 63.7 Å². The maximum absolute atomic E-state index is 13.7. The molecule has 0 bridgehead atoms. The summed E-state index contributed by atoms with van der Waals surface area (Å²) in [6.07, 6.45) is 0.934. The molecule has 10 nitrogen and oxygen atoms in total. The van der Waals surface area contributed by atoms with Crippen LogP contribution in [0, 0.1) is 5.92 Å². The number of amides is 3. The van der Waals surface area contributed by atoms with Gasteiger partial charge < -0.3 is 31.9 Å². The maximum Gasteiger partial charge on any atom is 0.326 e. The largest absolute Gasteiger partial charge is 0.508 e. The number of rotatable bonds is 15. The summed E-state index contributed by atoms with van der Waals surface area (Å²) in [5.41, 5.74) is 8.47. The van der Waals surface area contributed by atoms with Crippen molar-refractivity contribution in [3.8, 4) is 5.75 Å². The Bertz CT molecular complexity index is 1350. The summed E-state index contributed by atoms with van der Waals surface area (Å²) in [5.74, 6) is -3.34. The van der Waals surface area contributed by atoms with Crippen molar-refractivity contribution in [1.29, 1.82) is 0 Å². The molecule has 43 heavy (non-hydrogen) atoms. The Kier molecular flexibility index (Phi) is 12.3. The zero-order chi connectivity index (χ0) is 31.4. The monoisotopic (exact) mass is 588 g/mol. The first-order chi connectivity index (χ1) is 20.6. The Balaban J connectivity index is 1.84. The van der Waals surface area contributed by atoms with Gasteiger partial charge in [0.2, 0.25) is 17.7 Å². The first-order valence-electron chi connectivity index (χ1n) is 14.3. The van der Waals surface area contributed by atoms with Gasteiger partial charge in [0.25, 0.3) is 0 Å². The van der Waals surface area contributed by atoms with Crippen LogP contribution in [0.3, 0.4) is 0 Å². The van der Waals surface area contributed by atoms with Crippen LogP contribution < -0.4 is 21.7 Å². The first-order valence-corrected chi connectivity index (χ1v) is 14.3. The van der Waals surface area contributed by atoms with Crippen LogP contribution in [0.1, 0.15) is 37.0 Å². The van der Waals surface area contributed by atoms with Crippen molar-refractivity contribution < 1.29 is 29.4 Å². The van der Waals surface area contributed by atoms with E-state index in [0.717, 1.165) is 11.1 Å². The SMILES string of the molecule is CCC(C)C(NC(=O)C(Cc1ccc(O)cc1)NC(=O)C(Cc1ccccc1)NC(=O)C(N)Cc1ccccc1)C(=O)O. The van der Waals surface area contributed by atoms with Gasteiger partial charge in [0, 0.05) is 12.8 Å². The van der Waals surface area contributed by atoms with Crippen molar-refractivity contribution in [3.63, 3.8) is 0 Å². The van der Waals surface area contributed by atoms with Gasteiger partial charge >= 0.3 is 5.97 Å². The molecule has 3 aromatic rings. The molecule has 0 aromatic heterocycles. The third-order valence-electron chi connectivity index (χ3n) is 7.34. The fourth-order valence-corrected chi connectivity index (χ4v) is 4.58. The maximum atomic E-state index is 13.7. The van der Waals surface area contributed by atoms with E-state index in [1.807, 2.05) is 67.6 Å². The number of phenolic OH excluding ortho intramolecular Hbond substituents is 1. The van der Waals surface area contributed by atoms with Gasteiger partial charge in [0.15, 0.2) is 0 Å². The van der Waals surface area contributed by atoms with Crippen LogP contribution in [0.5, 0.6) is 5.75 Å². The second-order valence-corrected chi connectivity index (χ2v) is 10.7. The van der Waals surface area contributed by atoms with Gasteiger partial charge in [-0.3, -0.25) is 14.4 Å². The minimum absolute atomic E-state index is 0.0181. The number of aliphatic carboxylic acids is 1. The van der Waals surface area contributed by atoms with Crippen LogP contribution in [0.4, 0.5) is 0 Å². The van der Waals surface area contributed by atoms with Crippen molar-refractivity contribution in [3.05, 3.63) is 102 Å². The number of carboxylic acid groups (broad SMARTS) is 1. The van der Waals surface area contributed by atoms with E-state index < -0.39 is 47.9 Å². The molecule has 3 rings (SSSR count). The number of aromatic hydroxyl groups is 1. The Morgan fingerprint density at radius 3 is 1.60 bits per heavy atom. The van der Waals surface area contributed by atoms with Gasteiger partial charge in [-0.1, -0.05) is 93.1 Å². The van der Waals surface area contributed by atoms with E-state index in [4.69, 9.17) is 5.73 Å². The van der Waals surface area contributed by atoms with Crippen LogP contribution in [0.15, 0.2) is 84.9 Å². The Hall–Kier alpha value is -4.70. The molecule has 5 atom stereocenters. The van der Waals surface area contributed by atoms with Crippen LogP contribution in [0.2, 0.25) is 0 Å². The highest BCUT2D eigenvalue weighted by molar-refractivity contribution is 5.94. The molecule has 3 aromatic carbocycles. The number of benzene rings is 3. The van der Waals surface area contributed by atoms with Gasteiger partial charge in [-0.15, -0.1) is 0 Å². The molecule has 228 valence electrons. The van der Waals surface area contributed by atoms with E-state index in [0.29, 0.717) is 12.0 Å². The fraction of sp³-hybridized carbons (Fsp3) is 0.333. The minimum atomic E-state index is -1.18. The number of phenols is 1. The summed E-state index contributed by atoms with van der Waals surface area (Å²) in [4.78, 5) is 52.2. The van der Waals surface area contributed by atoms with E-state index in [1.165, 1.54) is 12.1 Å². The number of hydrogen-bond acceptors (Lipinski definition) is 6. The Morgan fingerprint density at radius 2 is 1.12 bits per heavy atom. The lowest BCUT2D eigenvalue weighted by Gasteiger charge is -2.27. The Labute approximate surface area is 251 Å². The second-order valence-electron chi connectivity index (χ2n) is 10.7. The highest BCUT2D eigenvalue weighted by Crippen LogP contribution is 2.14. The molecule has 3 amide bonds. The predicted molar refractivity (Wildman–Crippen MR) is 163 cm³/mol. The number of carbonyl (C=O) groups excluding carboxylic acids is 3. The summed E-state index contributed by atoms with van der Waals surface area (Å²) in [5, 5.41) is 27.5. The third kappa shape index (κ3) is 10.3. The molecule has 7 N–H and O–H groups in total. The van der Waals surface area contributed by atoms with Crippen molar-refractivity contribution in [2.75, 3.05) is 0 Å². The van der Waals surface area contributed by atoms with E-state index in [9.17, 15) is 29.4 Å². The average Bonchev–Trinajstić information content (AvgIpc) is 3.00. The summed E-state index contributed by atoms with van der Waals surface area (Å²) >= 11 is 0. The van der Waals surface area contributed by atoms with E-state index in [1.54, 1.807) is 19.1 Å². The van der Waals surface area contributed by atoms with Crippen LogP contribution >= 0.6 is 0 Å². The topological polar surface area (TPSA) is 171 Å². The second kappa shape index (κ2) is 16.1. The summed E-state index contributed by atoms with van der Waals surface area (Å²) in [6.45, 7) is 3.54. The number of nitrogens with two attached hydrogens (primary N) is 1. The highest BCUT2D eigenvalue weighted by Gasteiger charge is 2.32. The molecule has 0 aliphatic carbocycles. The van der Waals surface area contributed by atoms with Gasteiger partial charge in [0.05, 0.1) is 6.04 Å². The molecule has 10 heteroatoms. The summed E-state index contributed by atoms with van der Waals surface area (Å²) < 4.78 is 0. The van der Waals surface area contributed by atoms with E-state index >= 15 is 0 Å². The lowest BCUT2D eigenvalue weighted by molar-refractivity contribution is -0.143. The summed E-state index contributed by atoms with van der Waals surface area (Å²) in [6, 6.07) is 20.2. The van der Waals surface area contributed by atoms with Crippen LogP contribution in [-0.4, -0.2) is 58.1 Å². The average molecular weight is 589 g/mol. The molecule has 0 heterocycles. The molecule has 0 aliphatic rings. The number of carboxylic acids is 1. The lowest BCUT2D eigenvalue weighted by Crippen LogP contribution is -2.58. The molecule has 0 fully saturated rings. The molecule has 5 unspecified atom stereocenters. The highest BCUT2D eigenvalue weighted by atomic mass is 16.4. The molecular formula is C33H40N4O6. The standard InChI is InChI=1S/C33H40N4O6/c1-3-21(2)29(33(42)43)37-32(41)28(20-24-14-16-25(38)17-15-24)36-31(40)27(19-23-12-8-5-9-13-23)35-30(39)26(34)18-22-10-6-4-7-11-22/h4-17,21,26-29,38H,3,18-20,34H2,1-2H3,(H,35,39)(H,36,40)(H,37,41)(H,42,43). The lowest BCUT2D eigenvalue weighted by atomic mass is 9.97. The summed E-state index contributed by atoms with van der Waals surface area (Å²) in [7, 11) is 0. The number of nitrogens with one attached hydrogen (secondary N) is 3. The third-order valence-corrected chi connectivity index (χ3v) is 7.34. The first kappa shape index (κ1) is 32.8. The Morgan fingerprint density at radius 1 is 0.674 bits per heavy atom. The van der Waals surface area contributed by atoms with Gasteiger partial charge in [-0.05, 0) is 41.2 Å². The molecule has 0 aliphatic heterocycles. The number of hydrogen-bond donors (Lipinski definition) is 6. The minimum Gasteiger partial charge on any atom is -0.508 e. The fourth-order valence-electron chi connectivity index (χ4n) is 4.58. The van der Waals surface area contributed by atoms with Crippen LogP contribution in [-0.2, 0) is 38.4 Å². The van der Waals surface area contributed by atoms with Crippen molar-refractivity contribution >= 4 is 23.7 Å². The number of carbonyl (C=O) groups is 4. The molecule has 0 spiro atoms. The van der Waals surface area contributed by atoms with Gasteiger partial charge in [-0.25, -0.2) is 4.79 Å². The van der Waals surface area contributed by atoms with Crippen molar-refractivity contribution in [1.82, 2.24) is 16.0 Å². The zero-order valence-electron chi connectivity index (χ0n) is 24.4. The predicted octanol–water partition coefficient (Wildman–Crippen LogP) is 2.33. The molecule has 0 saturated carbocycles. The van der Waals surface area contributed by atoms with E-state index in [2.05, 4.69) is 16.0 Å². The molecular weight excluding hydrogens is 548 g/mol. The van der Waals surface area contributed by atoms with E-state index in [-0.39, 0.29) is 30.9 Å². The quantitative estimate of drug-likeness (QED) is 0.158. The molecule has 0 saturated heterocycles. The van der Waals surface area contributed by atoms with Gasteiger partial charge in [-0.2, -0.15) is 0 Å².